The quantitative estimate of drug-likeness (QED) is 0.682. The number of thiophene rings is 1. The summed E-state index contributed by atoms with van der Waals surface area (Å²) in [5.41, 5.74) is 11.6. The number of benzene rings is 1. The molecule has 0 radical (unpaired) electrons. The van der Waals surface area contributed by atoms with E-state index in [1.54, 1.807) is 0 Å². The highest BCUT2D eigenvalue weighted by Gasteiger charge is 2.16. The third-order valence-corrected chi connectivity index (χ3v) is 4.71. The molecule has 0 saturated heterocycles. The van der Waals surface area contributed by atoms with Crippen molar-refractivity contribution in [2.45, 2.75) is 19.3 Å². The van der Waals surface area contributed by atoms with Crippen LogP contribution in [0, 0.1) is 0 Å². The molecular formula is C14H16BrN3O2S. The highest BCUT2D eigenvalue weighted by atomic mass is 79.9. The molecule has 1 heterocycles. The van der Waals surface area contributed by atoms with E-state index in [9.17, 15) is 9.59 Å². The summed E-state index contributed by atoms with van der Waals surface area (Å²) in [5, 5.41) is 3.70. The number of hydrogen-bond acceptors (Lipinski definition) is 4. The molecule has 0 saturated carbocycles. The Kier molecular flexibility index (Phi) is 5.19. The molecule has 5 N–H and O–H groups in total. The van der Waals surface area contributed by atoms with Gasteiger partial charge in [0.25, 0.3) is 5.91 Å². The van der Waals surface area contributed by atoms with Gasteiger partial charge >= 0.3 is 0 Å². The lowest BCUT2D eigenvalue weighted by molar-refractivity contribution is -0.118. The summed E-state index contributed by atoms with van der Waals surface area (Å²) >= 11 is 4.77. The van der Waals surface area contributed by atoms with Crippen LogP contribution in [0.1, 0.15) is 28.9 Å². The third kappa shape index (κ3) is 3.95. The number of halogens is 1. The molecule has 0 atom stereocenters. The van der Waals surface area contributed by atoms with Gasteiger partial charge in [0, 0.05) is 27.5 Å². The summed E-state index contributed by atoms with van der Waals surface area (Å²) < 4.78 is 1.91. The maximum atomic E-state index is 12.1. The van der Waals surface area contributed by atoms with Gasteiger partial charge in [-0.15, -0.1) is 11.3 Å². The van der Waals surface area contributed by atoms with Gasteiger partial charge in [0.1, 0.15) is 4.88 Å². The molecule has 0 aliphatic carbocycles. The van der Waals surface area contributed by atoms with Crippen LogP contribution in [0.4, 0.5) is 5.69 Å². The molecule has 0 fully saturated rings. The van der Waals surface area contributed by atoms with Gasteiger partial charge in [0.05, 0.1) is 5.69 Å². The van der Waals surface area contributed by atoms with Crippen LogP contribution in [-0.2, 0) is 4.79 Å². The molecule has 2 aromatic rings. The summed E-state index contributed by atoms with van der Waals surface area (Å²) in [5.74, 6) is -0.496. The number of rotatable bonds is 6. The Morgan fingerprint density at radius 1 is 1.29 bits per heavy atom. The molecule has 0 unspecified atom stereocenters. The average molecular weight is 370 g/mol. The fourth-order valence-corrected chi connectivity index (χ4v) is 3.34. The molecule has 1 aromatic carbocycles. The van der Waals surface area contributed by atoms with E-state index in [0.717, 1.165) is 14.6 Å². The van der Waals surface area contributed by atoms with E-state index in [0.29, 0.717) is 36.4 Å². The Bertz CT molecular complexity index is 684. The van der Waals surface area contributed by atoms with E-state index < -0.39 is 0 Å². The van der Waals surface area contributed by atoms with Crippen molar-refractivity contribution in [1.29, 1.82) is 0 Å². The van der Waals surface area contributed by atoms with Crippen molar-refractivity contribution in [2.24, 2.45) is 5.73 Å². The highest BCUT2D eigenvalue weighted by Crippen LogP contribution is 2.35. The maximum Gasteiger partial charge on any atom is 0.263 e. The number of unbranched alkanes of at least 4 members (excludes halogenated alkanes) is 1. The zero-order valence-corrected chi connectivity index (χ0v) is 13.7. The number of anilines is 1. The molecule has 7 heteroatoms. The van der Waals surface area contributed by atoms with E-state index in [2.05, 4.69) is 21.2 Å². The zero-order valence-electron chi connectivity index (χ0n) is 11.3. The van der Waals surface area contributed by atoms with E-state index in [-0.39, 0.29) is 11.8 Å². The second-order valence-corrected chi connectivity index (χ2v) is 6.63. The number of carbonyl (C=O) groups is 2. The van der Waals surface area contributed by atoms with E-state index in [1.165, 1.54) is 11.3 Å². The number of primary amides is 1. The Morgan fingerprint density at radius 2 is 2.05 bits per heavy atom. The molecule has 2 amide bonds. The van der Waals surface area contributed by atoms with Gasteiger partial charge in [-0.1, -0.05) is 15.9 Å². The van der Waals surface area contributed by atoms with E-state index in [4.69, 9.17) is 11.5 Å². The minimum absolute atomic E-state index is 0.177. The predicted molar refractivity (Wildman–Crippen MR) is 89.3 cm³/mol. The number of amides is 2. The summed E-state index contributed by atoms with van der Waals surface area (Å²) in [6, 6.07) is 5.76. The highest BCUT2D eigenvalue weighted by molar-refractivity contribution is 9.10. The monoisotopic (exact) mass is 369 g/mol. The SMILES string of the molecule is NC(=O)CCCCNC(=O)c1sc2ccc(Br)cc2c1N. The number of hydrogen-bond donors (Lipinski definition) is 3. The topological polar surface area (TPSA) is 98.2 Å². The zero-order chi connectivity index (χ0) is 15.4. The Balaban J connectivity index is 1.99. The maximum absolute atomic E-state index is 12.1. The molecule has 5 nitrogen and oxygen atoms in total. The first-order valence-corrected chi connectivity index (χ1v) is 8.14. The number of nitrogen functional groups attached to an aromatic ring is 1. The van der Waals surface area contributed by atoms with Crippen LogP contribution in [0.25, 0.3) is 10.1 Å². The second kappa shape index (κ2) is 6.91. The van der Waals surface area contributed by atoms with Crippen LogP contribution in [0.2, 0.25) is 0 Å². The van der Waals surface area contributed by atoms with Crippen molar-refractivity contribution in [3.8, 4) is 0 Å². The standard InChI is InChI=1S/C14H16BrN3O2S/c15-8-4-5-10-9(7-8)12(17)13(21-10)14(20)18-6-2-1-3-11(16)19/h4-5,7H,1-3,6,17H2,(H2,16,19)(H,18,20). The van der Waals surface area contributed by atoms with Gasteiger partial charge < -0.3 is 16.8 Å². The van der Waals surface area contributed by atoms with Gasteiger partial charge in [0.2, 0.25) is 5.91 Å². The van der Waals surface area contributed by atoms with Gasteiger partial charge in [0.15, 0.2) is 0 Å². The van der Waals surface area contributed by atoms with Crippen LogP contribution in [0.3, 0.4) is 0 Å². The molecule has 2 rings (SSSR count). The van der Waals surface area contributed by atoms with Crippen molar-refractivity contribution >= 4 is 54.9 Å². The minimum atomic E-state index is -0.319. The lowest BCUT2D eigenvalue weighted by Crippen LogP contribution is -2.24. The Morgan fingerprint density at radius 3 is 2.76 bits per heavy atom. The largest absolute Gasteiger partial charge is 0.397 e. The van der Waals surface area contributed by atoms with Crippen LogP contribution in [-0.4, -0.2) is 18.4 Å². The van der Waals surface area contributed by atoms with Crippen LogP contribution in [0.5, 0.6) is 0 Å². The van der Waals surface area contributed by atoms with Gasteiger partial charge in [-0.2, -0.15) is 0 Å². The van der Waals surface area contributed by atoms with Gasteiger partial charge in [-0.3, -0.25) is 9.59 Å². The minimum Gasteiger partial charge on any atom is -0.397 e. The summed E-state index contributed by atoms with van der Waals surface area (Å²) in [6.07, 6.45) is 1.73. The molecule has 112 valence electrons. The van der Waals surface area contributed by atoms with Gasteiger partial charge in [-0.05, 0) is 31.0 Å². The Labute approximate surface area is 134 Å². The molecule has 0 spiro atoms. The lowest BCUT2D eigenvalue weighted by atomic mass is 10.2. The predicted octanol–water partition coefficient (Wildman–Crippen LogP) is 2.63. The van der Waals surface area contributed by atoms with Crippen molar-refractivity contribution < 1.29 is 9.59 Å². The van der Waals surface area contributed by atoms with Gasteiger partial charge in [-0.25, -0.2) is 0 Å². The summed E-state index contributed by atoms with van der Waals surface area (Å²) in [6.45, 7) is 0.503. The number of nitrogens with one attached hydrogen (secondary N) is 1. The third-order valence-electron chi connectivity index (χ3n) is 3.03. The first-order chi connectivity index (χ1) is 9.99. The fraction of sp³-hybridized carbons (Fsp3) is 0.286. The van der Waals surface area contributed by atoms with Crippen LogP contribution >= 0.6 is 27.3 Å². The number of fused-ring (bicyclic) bond motifs is 1. The van der Waals surface area contributed by atoms with Crippen molar-refractivity contribution in [3.05, 3.63) is 27.5 Å². The first kappa shape index (κ1) is 15.8. The van der Waals surface area contributed by atoms with Crippen molar-refractivity contribution in [2.75, 3.05) is 12.3 Å². The van der Waals surface area contributed by atoms with Crippen molar-refractivity contribution in [1.82, 2.24) is 5.32 Å². The molecule has 0 aliphatic rings. The Hall–Kier alpha value is -1.60. The molecule has 21 heavy (non-hydrogen) atoms. The van der Waals surface area contributed by atoms with Crippen LogP contribution < -0.4 is 16.8 Å². The summed E-state index contributed by atoms with van der Waals surface area (Å²) in [4.78, 5) is 23.3. The fourth-order valence-electron chi connectivity index (χ4n) is 1.96. The number of carbonyl (C=O) groups excluding carboxylic acids is 2. The first-order valence-electron chi connectivity index (χ1n) is 6.53. The summed E-state index contributed by atoms with van der Waals surface area (Å²) in [7, 11) is 0. The average Bonchev–Trinajstić information content (AvgIpc) is 2.75. The lowest BCUT2D eigenvalue weighted by Gasteiger charge is -2.03. The number of nitrogens with two attached hydrogens (primary N) is 2. The molecular weight excluding hydrogens is 354 g/mol. The van der Waals surface area contributed by atoms with Crippen LogP contribution in [0.15, 0.2) is 22.7 Å². The van der Waals surface area contributed by atoms with Crippen molar-refractivity contribution in [3.63, 3.8) is 0 Å². The normalized spacial score (nSPS) is 10.7. The smallest absolute Gasteiger partial charge is 0.263 e. The van der Waals surface area contributed by atoms with E-state index in [1.807, 2.05) is 18.2 Å². The molecule has 1 aromatic heterocycles. The van der Waals surface area contributed by atoms with E-state index >= 15 is 0 Å². The molecule has 0 aliphatic heterocycles. The second-order valence-electron chi connectivity index (χ2n) is 4.66. The molecule has 0 bridgehead atoms.